The van der Waals surface area contributed by atoms with Crippen molar-refractivity contribution in [1.29, 1.82) is 0 Å². The van der Waals surface area contributed by atoms with Gasteiger partial charge in [0, 0.05) is 6.42 Å². The molecule has 0 radical (unpaired) electrons. The third-order valence-corrected chi connectivity index (χ3v) is 2.67. The highest BCUT2D eigenvalue weighted by Crippen LogP contribution is 2.10. The van der Waals surface area contributed by atoms with Crippen molar-refractivity contribution < 1.29 is 20.0 Å². The van der Waals surface area contributed by atoms with E-state index in [9.17, 15) is 14.8 Å². The van der Waals surface area contributed by atoms with Crippen molar-refractivity contribution in [3.63, 3.8) is 0 Å². The third kappa shape index (κ3) is 2.95. The Balaban J connectivity index is 2.68. The summed E-state index contributed by atoms with van der Waals surface area (Å²) >= 11 is 4.63. The fraction of sp³-hybridized carbons (Fsp3) is 0.625. The molecule has 1 rings (SSSR count). The van der Waals surface area contributed by atoms with Gasteiger partial charge in [-0.3, -0.25) is 9.59 Å². The lowest BCUT2D eigenvalue weighted by molar-refractivity contribution is -1.07. The highest BCUT2D eigenvalue weighted by atomic mass is 32.1. The number of thiocarbonyl (C=S) groups is 1. The van der Waals surface area contributed by atoms with Crippen molar-refractivity contribution in [2.75, 3.05) is 0 Å². The second kappa shape index (κ2) is 5.30. The van der Waals surface area contributed by atoms with Gasteiger partial charge in [-0.2, -0.15) is 0 Å². The minimum absolute atomic E-state index is 0.00782. The second-order valence-corrected chi connectivity index (χ2v) is 3.95. The van der Waals surface area contributed by atoms with Crippen LogP contribution >= 0.6 is 12.2 Å². The zero-order valence-corrected chi connectivity index (χ0v) is 9.47. The predicted octanol–water partition coefficient (Wildman–Crippen LogP) is -1.93. The molecule has 1 fully saturated rings. The molecule has 90 valence electrons. The number of rotatable bonds is 4. The maximum Gasteiger partial charge on any atom is 0.238 e. The number of carbonyl (C=O) groups excluding carboxylic acids is 2. The van der Waals surface area contributed by atoms with Crippen LogP contribution in [-0.2, 0) is 9.59 Å². The smallest absolute Gasteiger partial charge is 0.238 e. The van der Waals surface area contributed by atoms with Crippen LogP contribution in [0.5, 0.6) is 0 Å². The van der Waals surface area contributed by atoms with E-state index in [0.29, 0.717) is 6.42 Å². The third-order valence-electron chi connectivity index (χ3n) is 2.47. The summed E-state index contributed by atoms with van der Waals surface area (Å²) in [5.74, 6) is -2.05. The molecule has 8 heteroatoms. The van der Waals surface area contributed by atoms with Crippen LogP contribution in [0.1, 0.15) is 19.8 Å². The average molecular weight is 247 g/mol. The van der Waals surface area contributed by atoms with Gasteiger partial charge in [-0.15, -0.1) is 0 Å². The van der Waals surface area contributed by atoms with Crippen LogP contribution in [-0.4, -0.2) is 28.2 Å². The summed E-state index contributed by atoms with van der Waals surface area (Å²) in [5, 5.41) is 23.2. The number of hydrogen-bond donors (Lipinski definition) is 4. The van der Waals surface area contributed by atoms with E-state index in [1.54, 1.807) is 6.92 Å². The maximum absolute atomic E-state index is 11.4. The molecule has 2 amide bonds. The van der Waals surface area contributed by atoms with E-state index in [-0.39, 0.29) is 11.5 Å². The summed E-state index contributed by atoms with van der Waals surface area (Å²) in [6.07, 6.45) is 0.364. The number of carbonyl (C=O) groups is 2. The first kappa shape index (κ1) is 13.0. The van der Waals surface area contributed by atoms with Crippen molar-refractivity contribution in [3.05, 3.63) is 5.21 Å². The molecular formula is C8H13N3O4S. The van der Waals surface area contributed by atoms with E-state index < -0.39 is 29.0 Å². The molecule has 0 aromatic carbocycles. The van der Waals surface area contributed by atoms with E-state index in [0.717, 1.165) is 0 Å². The Labute approximate surface area is 97.3 Å². The Bertz CT molecular complexity index is 300. The van der Waals surface area contributed by atoms with Gasteiger partial charge in [0.15, 0.2) is 5.11 Å². The van der Waals surface area contributed by atoms with Gasteiger partial charge in [0.25, 0.3) is 0 Å². The van der Waals surface area contributed by atoms with Crippen molar-refractivity contribution in [2.24, 2.45) is 5.92 Å². The van der Waals surface area contributed by atoms with Crippen LogP contribution in [0.2, 0.25) is 0 Å². The van der Waals surface area contributed by atoms with E-state index in [2.05, 4.69) is 22.9 Å². The van der Waals surface area contributed by atoms with Crippen LogP contribution < -0.4 is 15.9 Å². The molecule has 4 N–H and O–H groups in total. The van der Waals surface area contributed by atoms with E-state index in [4.69, 9.17) is 5.21 Å². The van der Waals surface area contributed by atoms with Gasteiger partial charge < -0.3 is 15.8 Å². The first-order chi connectivity index (χ1) is 7.45. The molecule has 7 nitrogen and oxygen atoms in total. The number of quaternary nitrogens is 1. The monoisotopic (exact) mass is 247 g/mol. The van der Waals surface area contributed by atoms with Crippen molar-refractivity contribution >= 4 is 29.1 Å². The highest BCUT2D eigenvalue weighted by Gasteiger charge is 2.35. The lowest BCUT2D eigenvalue weighted by Gasteiger charge is -2.28. The number of amides is 2. The predicted molar refractivity (Wildman–Crippen MR) is 57.2 cm³/mol. The van der Waals surface area contributed by atoms with Crippen molar-refractivity contribution in [1.82, 2.24) is 10.6 Å². The van der Waals surface area contributed by atoms with Crippen molar-refractivity contribution in [3.8, 4) is 0 Å². The summed E-state index contributed by atoms with van der Waals surface area (Å²) in [6.45, 7) is 1.70. The lowest BCUT2D eigenvalue weighted by atomic mass is 9.96. The zero-order chi connectivity index (χ0) is 12.3. The van der Waals surface area contributed by atoms with Crippen LogP contribution in [0, 0.1) is 11.1 Å². The quantitative estimate of drug-likeness (QED) is 0.263. The second-order valence-electron chi connectivity index (χ2n) is 3.54. The Morgan fingerprint density at radius 1 is 1.50 bits per heavy atom. The van der Waals surface area contributed by atoms with E-state index >= 15 is 0 Å². The number of hydrogen-bond acceptors (Lipinski definition) is 5. The van der Waals surface area contributed by atoms with Crippen molar-refractivity contribution in [2.45, 2.75) is 25.8 Å². The van der Waals surface area contributed by atoms with E-state index in [1.165, 1.54) is 0 Å². The summed E-state index contributed by atoms with van der Waals surface area (Å²) in [5.41, 5.74) is 0. The van der Waals surface area contributed by atoms with Gasteiger partial charge in [0.1, 0.15) is 12.0 Å². The van der Waals surface area contributed by atoms with Gasteiger partial charge >= 0.3 is 0 Å². The molecule has 2 unspecified atom stereocenters. The molecule has 1 aliphatic rings. The lowest BCUT2D eigenvalue weighted by Crippen LogP contribution is -3.09. The zero-order valence-electron chi connectivity index (χ0n) is 8.65. The molecule has 16 heavy (non-hydrogen) atoms. The summed E-state index contributed by atoms with van der Waals surface area (Å²) in [6, 6.07) is -0.701. The van der Waals surface area contributed by atoms with Gasteiger partial charge in [0.05, 0.1) is 0 Å². The molecule has 0 aromatic rings. The largest absolute Gasteiger partial charge is 0.600 e. The van der Waals surface area contributed by atoms with Crippen LogP contribution in [0.25, 0.3) is 0 Å². The average Bonchev–Trinajstić information content (AvgIpc) is 2.15. The summed E-state index contributed by atoms with van der Waals surface area (Å²) < 4.78 is 0. The van der Waals surface area contributed by atoms with Crippen LogP contribution in [0.3, 0.4) is 0 Å². The van der Waals surface area contributed by atoms with Crippen LogP contribution in [0.4, 0.5) is 0 Å². The first-order valence-corrected chi connectivity index (χ1v) is 5.25. The molecule has 1 heterocycles. The summed E-state index contributed by atoms with van der Waals surface area (Å²) in [4.78, 5) is 22.9. The SMILES string of the molecule is CCC(CC1C(=O)NC(=S)NC1=O)[NH+]([O-])O. The van der Waals surface area contributed by atoms with Gasteiger partial charge in [-0.25, -0.2) is 10.4 Å². The fourth-order valence-electron chi connectivity index (χ4n) is 1.49. The molecule has 1 aliphatic heterocycles. The molecular weight excluding hydrogens is 234 g/mol. The Morgan fingerprint density at radius 2 is 2.00 bits per heavy atom. The first-order valence-electron chi connectivity index (χ1n) is 4.84. The molecule has 2 atom stereocenters. The molecule has 0 spiro atoms. The van der Waals surface area contributed by atoms with Gasteiger partial charge in [-0.1, -0.05) is 6.92 Å². The molecule has 1 saturated heterocycles. The van der Waals surface area contributed by atoms with Crippen LogP contribution in [0.15, 0.2) is 0 Å². The number of hydroxylamine groups is 2. The minimum Gasteiger partial charge on any atom is -0.600 e. The van der Waals surface area contributed by atoms with Gasteiger partial charge in [0.2, 0.25) is 11.8 Å². The Morgan fingerprint density at radius 3 is 2.38 bits per heavy atom. The molecule has 0 aromatic heterocycles. The Kier molecular flexibility index (Phi) is 4.30. The fourth-order valence-corrected chi connectivity index (χ4v) is 1.69. The Hall–Kier alpha value is -1.09. The van der Waals surface area contributed by atoms with Gasteiger partial charge in [-0.05, 0) is 18.6 Å². The maximum atomic E-state index is 11.4. The molecule has 0 aliphatic carbocycles. The molecule has 0 bridgehead atoms. The number of nitrogens with one attached hydrogen (secondary N) is 3. The standard InChI is InChI=1S/C8H13N3O4S/c1-2-4(11(14)15)3-5-6(12)9-8(16)10-7(5)13/h4-5,11,14H,2-3H2,1H3,(H2,9,10,12,13,16). The topological polar surface area (TPSA) is 106 Å². The summed E-state index contributed by atoms with van der Waals surface area (Å²) in [7, 11) is 0. The normalized spacial score (nSPS) is 21.3. The van der Waals surface area contributed by atoms with E-state index in [1.807, 2.05) is 0 Å². The minimum atomic E-state index is -1.00. The highest BCUT2D eigenvalue weighted by molar-refractivity contribution is 7.80. The molecule has 0 saturated carbocycles.